The van der Waals surface area contributed by atoms with Gasteiger partial charge in [0.05, 0.1) is 5.66 Å². The average molecular weight is 405 g/mol. The predicted octanol–water partition coefficient (Wildman–Crippen LogP) is -3.35. The van der Waals surface area contributed by atoms with E-state index in [0.717, 1.165) is 71.9 Å². The topological polar surface area (TPSA) is 181 Å². The van der Waals surface area contributed by atoms with Crippen molar-refractivity contribution in [3.8, 4) is 0 Å². The first kappa shape index (κ1) is 27.6. The van der Waals surface area contributed by atoms with Gasteiger partial charge in [0.15, 0.2) is 0 Å². The molecule has 0 saturated carbocycles. The van der Waals surface area contributed by atoms with Crippen LogP contribution in [0.15, 0.2) is 0 Å². The molecule has 0 radical (unpaired) electrons. The van der Waals surface area contributed by atoms with Crippen LogP contribution in [0.25, 0.3) is 0 Å². The van der Waals surface area contributed by atoms with Crippen LogP contribution < -0.4 is 49.9 Å². The Hall–Kier alpha value is -0.400. The van der Waals surface area contributed by atoms with Crippen molar-refractivity contribution in [2.24, 2.45) is 28.7 Å². The van der Waals surface area contributed by atoms with Gasteiger partial charge in [-0.05, 0) is 12.8 Å². The van der Waals surface area contributed by atoms with E-state index in [4.69, 9.17) is 28.7 Å². The van der Waals surface area contributed by atoms with Gasteiger partial charge in [0, 0.05) is 78.5 Å². The zero-order chi connectivity index (χ0) is 21.3. The van der Waals surface area contributed by atoms with Crippen molar-refractivity contribution in [1.29, 1.82) is 0 Å². The Labute approximate surface area is 172 Å². The van der Waals surface area contributed by atoms with E-state index in [1.54, 1.807) is 0 Å². The molecule has 28 heavy (non-hydrogen) atoms. The lowest BCUT2D eigenvalue weighted by molar-refractivity contribution is 0.00439. The fraction of sp³-hybridized carbons (Fsp3) is 1.00. The summed E-state index contributed by atoms with van der Waals surface area (Å²) in [5.74, 6) is 0. The van der Waals surface area contributed by atoms with E-state index in [1.807, 2.05) is 13.8 Å². The van der Waals surface area contributed by atoms with Gasteiger partial charge in [-0.3, -0.25) is 4.90 Å². The highest BCUT2D eigenvalue weighted by molar-refractivity contribution is 5.02. The van der Waals surface area contributed by atoms with E-state index in [-0.39, 0.29) is 0 Å². The third kappa shape index (κ3) is 10.4. The molecule has 1 rings (SSSR count). The number of nitrogens with zero attached hydrogens (tertiary/aromatic N) is 1. The fourth-order valence-corrected chi connectivity index (χ4v) is 3.15. The molecule has 1 aliphatic heterocycles. The lowest BCUT2D eigenvalue weighted by atomic mass is 9.87. The Kier molecular flexibility index (Phi) is 16.2. The molecule has 170 valence electrons. The number of hydrogen-bond acceptors (Lipinski definition) is 10. The summed E-state index contributed by atoms with van der Waals surface area (Å²) < 4.78 is 0. The van der Waals surface area contributed by atoms with Crippen LogP contribution in [0.2, 0.25) is 0 Å². The minimum absolute atomic E-state index is 0.593. The van der Waals surface area contributed by atoms with Crippen molar-refractivity contribution in [3.05, 3.63) is 0 Å². The summed E-state index contributed by atoms with van der Waals surface area (Å²) >= 11 is 0. The zero-order valence-electron chi connectivity index (χ0n) is 18.2. The predicted molar refractivity (Wildman–Crippen MR) is 120 cm³/mol. The molecule has 0 bridgehead atoms. The maximum atomic E-state index is 6.41. The minimum atomic E-state index is -0.820. The van der Waals surface area contributed by atoms with Gasteiger partial charge in [-0.1, -0.05) is 13.8 Å². The van der Waals surface area contributed by atoms with Crippen LogP contribution in [0.4, 0.5) is 0 Å². The molecule has 0 aromatic rings. The van der Waals surface area contributed by atoms with Gasteiger partial charge in [-0.25, -0.2) is 0 Å². The largest absolute Gasteiger partial charge is 0.329 e. The summed E-state index contributed by atoms with van der Waals surface area (Å²) in [7, 11) is 0. The second-order valence-electron chi connectivity index (χ2n) is 7.24. The summed E-state index contributed by atoms with van der Waals surface area (Å²) in [6, 6.07) is 0. The standard InChI is InChI=1S/C10H25N5.C8H23N5/c1-3-9(11,12)10(13,4-2)15-7-5-14-6-8-15;9-1-3-11-5-7-13-8-6-12-4-2-10/h14H,3-8,11-13H2,1-2H3;11-13H,1-10H2. The second-order valence-corrected chi connectivity index (χ2v) is 7.24. The molecule has 1 heterocycles. The smallest absolute Gasteiger partial charge is 0.100 e. The lowest BCUT2D eigenvalue weighted by Crippen LogP contribution is -2.79. The van der Waals surface area contributed by atoms with Crippen molar-refractivity contribution in [2.75, 3.05) is 78.5 Å². The van der Waals surface area contributed by atoms with Crippen LogP contribution in [0.1, 0.15) is 26.7 Å². The monoisotopic (exact) mass is 404 g/mol. The van der Waals surface area contributed by atoms with Gasteiger partial charge < -0.3 is 49.9 Å². The van der Waals surface area contributed by atoms with Gasteiger partial charge in [0.2, 0.25) is 0 Å². The molecule has 14 N–H and O–H groups in total. The number of hydrogen-bond donors (Lipinski definition) is 9. The van der Waals surface area contributed by atoms with E-state index in [2.05, 4.69) is 26.2 Å². The number of piperazine rings is 1. The maximum Gasteiger partial charge on any atom is 0.100 e. The van der Waals surface area contributed by atoms with Crippen LogP contribution in [0.3, 0.4) is 0 Å². The summed E-state index contributed by atoms with van der Waals surface area (Å²) in [6.07, 6.45) is 1.45. The maximum absolute atomic E-state index is 6.41. The molecule has 1 unspecified atom stereocenters. The van der Waals surface area contributed by atoms with Crippen molar-refractivity contribution in [3.63, 3.8) is 0 Å². The van der Waals surface area contributed by atoms with Crippen LogP contribution in [-0.4, -0.2) is 94.8 Å². The van der Waals surface area contributed by atoms with Crippen molar-refractivity contribution < 1.29 is 0 Å². The quantitative estimate of drug-likeness (QED) is 0.105. The normalized spacial score (nSPS) is 17.7. The molecule has 1 atom stereocenters. The van der Waals surface area contributed by atoms with Gasteiger partial charge >= 0.3 is 0 Å². The molecule has 1 aliphatic rings. The van der Waals surface area contributed by atoms with Gasteiger partial charge in [-0.2, -0.15) is 0 Å². The summed E-state index contributed by atoms with van der Waals surface area (Å²) in [5, 5.41) is 13.0. The van der Waals surface area contributed by atoms with Crippen molar-refractivity contribution >= 4 is 0 Å². The van der Waals surface area contributed by atoms with E-state index in [1.165, 1.54) is 0 Å². The fourth-order valence-electron chi connectivity index (χ4n) is 3.15. The van der Waals surface area contributed by atoms with Gasteiger partial charge in [-0.15, -0.1) is 0 Å². The highest BCUT2D eigenvalue weighted by Gasteiger charge is 2.45. The van der Waals surface area contributed by atoms with Crippen molar-refractivity contribution in [2.45, 2.75) is 38.0 Å². The van der Waals surface area contributed by atoms with Crippen LogP contribution in [0.5, 0.6) is 0 Å². The first-order valence-electron chi connectivity index (χ1n) is 10.7. The average Bonchev–Trinajstić information content (AvgIpc) is 2.73. The molecule has 1 saturated heterocycles. The number of nitrogens with one attached hydrogen (secondary N) is 4. The molecule has 10 heteroatoms. The van der Waals surface area contributed by atoms with Gasteiger partial charge in [0.25, 0.3) is 0 Å². The molecule has 1 fully saturated rings. The van der Waals surface area contributed by atoms with E-state index in [0.29, 0.717) is 19.5 Å². The molecular formula is C18H48N10. The summed E-state index contributed by atoms with van der Waals surface area (Å²) in [4.78, 5) is 2.22. The molecule has 0 aromatic carbocycles. The lowest BCUT2D eigenvalue weighted by Gasteiger charge is -2.51. The summed E-state index contributed by atoms with van der Waals surface area (Å²) in [5.41, 5.74) is 27.9. The third-order valence-electron chi connectivity index (χ3n) is 5.21. The highest BCUT2D eigenvalue weighted by Crippen LogP contribution is 2.24. The van der Waals surface area contributed by atoms with Gasteiger partial charge in [0.1, 0.15) is 5.66 Å². The molecular weight excluding hydrogens is 356 g/mol. The zero-order valence-corrected chi connectivity index (χ0v) is 18.2. The number of rotatable bonds is 14. The summed E-state index contributed by atoms with van der Waals surface area (Å²) in [6.45, 7) is 14.9. The first-order valence-corrected chi connectivity index (χ1v) is 10.7. The highest BCUT2D eigenvalue weighted by atomic mass is 15.4. The Morgan fingerprint density at radius 1 is 0.750 bits per heavy atom. The van der Waals surface area contributed by atoms with E-state index in [9.17, 15) is 0 Å². The third-order valence-corrected chi connectivity index (χ3v) is 5.21. The Bertz CT molecular complexity index is 339. The Morgan fingerprint density at radius 2 is 1.18 bits per heavy atom. The molecule has 0 amide bonds. The molecule has 10 nitrogen and oxygen atoms in total. The first-order chi connectivity index (χ1) is 13.4. The SMILES string of the molecule is CCC(N)(N)C(N)(CC)N1CCNCC1.NCCNCCNCCNCCN. The Balaban J connectivity index is 0.000000528. The molecule has 0 aromatic heterocycles. The van der Waals surface area contributed by atoms with E-state index < -0.39 is 11.3 Å². The Morgan fingerprint density at radius 3 is 1.54 bits per heavy atom. The van der Waals surface area contributed by atoms with Crippen molar-refractivity contribution in [1.82, 2.24) is 26.2 Å². The van der Waals surface area contributed by atoms with Crippen LogP contribution >= 0.6 is 0 Å². The van der Waals surface area contributed by atoms with E-state index >= 15 is 0 Å². The molecule has 0 aliphatic carbocycles. The van der Waals surface area contributed by atoms with Crippen LogP contribution in [0, 0.1) is 0 Å². The molecule has 0 spiro atoms. The second kappa shape index (κ2) is 16.4. The number of nitrogens with two attached hydrogens (primary N) is 5. The minimum Gasteiger partial charge on any atom is -0.329 e. The van der Waals surface area contributed by atoms with Crippen LogP contribution in [-0.2, 0) is 0 Å².